The number of ether oxygens (including phenoxy) is 2. The molecule has 2 N–H and O–H groups in total. The van der Waals surface area contributed by atoms with Crippen LogP contribution in [-0.2, 0) is 29.6 Å². The van der Waals surface area contributed by atoms with E-state index in [9.17, 15) is 23.1 Å². The Bertz CT molecular complexity index is 999. The smallest absolute Gasteiger partial charge is 0.314 e. The SMILES string of the molecule is COc1ccc2cc(C(C)(CC(=O)OCCS(=O)(=O)CCO)C(=O)O)ccc2c1. The minimum Gasteiger partial charge on any atom is -0.497 e. The number of fused-ring (bicyclic) bond motifs is 1. The number of carboxylic acid groups (broad SMARTS) is 1. The van der Waals surface area contributed by atoms with E-state index in [1.54, 1.807) is 37.4 Å². The molecule has 0 saturated carbocycles. The largest absolute Gasteiger partial charge is 0.497 e. The normalized spacial score (nSPS) is 13.6. The van der Waals surface area contributed by atoms with Crippen LogP contribution in [0.3, 0.4) is 0 Å². The number of carbonyl (C=O) groups excluding carboxylic acids is 1. The second-order valence-electron chi connectivity index (χ2n) is 6.84. The lowest BCUT2D eigenvalue weighted by Crippen LogP contribution is -2.36. The third kappa shape index (κ3) is 5.68. The molecule has 8 nitrogen and oxygen atoms in total. The number of hydrogen-bond donors (Lipinski definition) is 2. The van der Waals surface area contributed by atoms with E-state index in [2.05, 4.69) is 0 Å². The predicted molar refractivity (Wildman–Crippen MR) is 107 cm³/mol. The van der Waals surface area contributed by atoms with Crippen LogP contribution >= 0.6 is 0 Å². The number of sulfone groups is 1. The molecular weight excluding hydrogens is 400 g/mol. The fourth-order valence-corrected chi connectivity index (χ4v) is 3.68. The zero-order valence-corrected chi connectivity index (χ0v) is 17.1. The molecular formula is C20H24O8S. The zero-order valence-electron chi connectivity index (χ0n) is 16.3. The van der Waals surface area contributed by atoms with Crippen LogP contribution in [0.4, 0.5) is 0 Å². The first kappa shape index (κ1) is 22.6. The molecule has 0 saturated heterocycles. The molecule has 0 amide bonds. The molecule has 0 aliphatic heterocycles. The molecule has 1 atom stereocenters. The van der Waals surface area contributed by atoms with Crippen molar-refractivity contribution in [2.24, 2.45) is 0 Å². The lowest BCUT2D eigenvalue weighted by Gasteiger charge is -2.25. The Morgan fingerprint density at radius 1 is 1.07 bits per heavy atom. The molecule has 0 radical (unpaired) electrons. The molecule has 1 unspecified atom stereocenters. The first-order valence-corrected chi connectivity index (χ1v) is 10.7. The Hall–Kier alpha value is -2.65. The Morgan fingerprint density at radius 2 is 1.72 bits per heavy atom. The van der Waals surface area contributed by atoms with Gasteiger partial charge in [0, 0.05) is 0 Å². The first-order chi connectivity index (χ1) is 13.6. The van der Waals surface area contributed by atoms with Gasteiger partial charge in [-0.25, -0.2) is 8.42 Å². The summed E-state index contributed by atoms with van der Waals surface area (Å²) >= 11 is 0. The monoisotopic (exact) mass is 424 g/mol. The molecule has 29 heavy (non-hydrogen) atoms. The van der Waals surface area contributed by atoms with Crippen LogP contribution in [0.1, 0.15) is 18.9 Å². The van der Waals surface area contributed by atoms with Crippen molar-refractivity contribution in [1.29, 1.82) is 0 Å². The van der Waals surface area contributed by atoms with Gasteiger partial charge in [0.1, 0.15) is 17.8 Å². The second-order valence-corrected chi connectivity index (χ2v) is 9.14. The van der Waals surface area contributed by atoms with Crippen LogP contribution in [-0.4, -0.2) is 62.4 Å². The average molecular weight is 424 g/mol. The summed E-state index contributed by atoms with van der Waals surface area (Å²) in [6.07, 6.45) is -0.454. The number of carboxylic acids is 1. The summed E-state index contributed by atoms with van der Waals surface area (Å²) in [6.45, 7) is 0.513. The highest BCUT2D eigenvalue weighted by molar-refractivity contribution is 7.91. The highest BCUT2D eigenvalue weighted by atomic mass is 32.2. The minimum absolute atomic E-state index is 0.394. The molecule has 0 spiro atoms. The lowest BCUT2D eigenvalue weighted by molar-refractivity contribution is -0.152. The molecule has 2 aromatic rings. The lowest BCUT2D eigenvalue weighted by atomic mass is 9.79. The maximum absolute atomic E-state index is 12.2. The van der Waals surface area contributed by atoms with E-state index in [0.717, 1.165) is 10.8 Å². The number of benzene rings is 2. The summed E-state index contributed by atoms with van der Waals surface area (Å²) in [5.41, 5.74) is -1.12. The topological polar surface area (TPSA) is 127 Å². The zero-order chi connectivity index (χ0) is 21.7. The fraction of sp³-hybridized carbons (Fsp3) is 0.400. The Morgan fingerprint density at radius 3 is 2.34 bits per heavy atom. The van der Waals surface area contributed by atoms with Crippen molar-refractivity contribution in [3.8, 4) is 5.75 Å². The Labute approximate surface area is 169 Å². The number of methoxy groups -OCH3 is 1. The molecule has 0 aliphatic carbocycles. The molecule has 0 aromatic heterocycles. The van der Waals surface area contributed by atoms with Crippen LogP contribution in [0.2, 0.25) is 0 Å². The van der Waals surface area contributed by atoms with Gasteiger partial charge in [0.2, 0.25) is 0 Å². The van der Waals surface area contributed by atoms with Gasteiger partial charge in [0.05, 0.1) is 31.6 Å². The average Bonchev–Trinajstić information content (AvgIpc) is 2.66. The van der Waals surface area contributed by atoms with E-state index >= 15 is 0 Å². The van der Waals surface area contributed by atoms with Gasteiger partial charge in [-0.1, -0.05) is 18.2 Å². The summed E-state index contributed by atoms with van der Waals surface area (Å²) < 4.78 is 33.2. The van der Waals surface area contributed by atoms with Crippen molar-refractivity contribution in [1.82, 2.24) is 0 Å². The van der Waals surface area contributed by atoms with Gasteiger partial charge in [-0.2, -0.15) is 0 Å². The van der Waals surface area contributed by atoms with Gasteiger partial charge in [-0.05, 0) is 41.5 Å². The molecule has 2 rings (SSSR count). The van der Waals surface area contributed by atoms with Gasteiger partial charge in [0.25, 0.3) is 0 Å². The fourth-order valence-electron chi connectivity index (χ4n) is 2.86. The summed E-state index contributed by atoms with van der Waals surface area (Å²) in [6, 6.07) is 10.5. The van der Waals surface area contributed by atoms with Crippen molar-refractivity contribution >= 4 is 32.5 Å². The van der Waals surface area contributed by atoms with Crippen molar-refractivity contribution in [3.05, 3.63) is 42.0 Å². The number of aliphatic hydroxyl groups excluding tert-OH is 1. The predicted octanol–water partition coefficient (Wildman–Crippen LogP) is 1.53. The van der Waals surface area contributed by atoms with Crippen LogP contribution in [0, 0.1) is 0 Å². The molecule has 0 bridgehead atoms. The van der Waals surface area contributed by atoms with Crippen molar-refractivity contribution in [2.75, 3.05) is 31.8 Å². The number of rotatable bonds is 10. The van der Waals surface area contributed by atoms with Gasteiger partial charge < -0.3 is 19.7 Å². The Kier molecular flexibility index (Phi) is 7.21. The van der Waals surface area contributed by atoms with Crippen molar-refractivity contribution in [2.45, 2.75) is 18.8 Å². The number of hydrogen-bond acceptors (Lipinski definition) is 7. The highest BCUT2D eigenvalue weighted by Crippen LogP contribution is 2.32. The minimum atomic E-state index is -3.52. The van der Waals surface area contributed by atoms with Crippen LogP contribution in [0.5, 0.6) is 5.75 Å². The summed E-state index contributed by atoms with van der Waals surface area (Å²) in [5, 5.41) is 20.1. The highest BCUT2D eigenvalue weighted by Gasteiger charge is 2.38. The van der Waals surface area contributed by atoms with Crippen LogP contribution in [0.25, 0.3) is 10.8 Å². The molecule has 9 heteroatoms. The van der Waals surface area contributed by atoms with Crippen LogP contribution in [0.15, 0.2) is 36.4 Å². The summed E-state index contributed by atoms with van der Waals surface area (Å²) in [7, 11) is -1.97. The summed E-state index contributed by atoms with van der Waals surface area (Å²) in [4.78, 5) is 24.1. The van der Waals surface area contributed by atoms with Crippen molar-refractivity contribution in [3.63, 3.8) is 0 Å². The van der Waals surface area contributed by atoms with Crippen LogP contribution < -0.4 is 4.74 Å². The number of aliphatic carboxylic acids is 1. The maximum atomic E-state index is 12.2. The van der Waals surface area contributed by atoms with E-state index < -0.39 is 58.3 Å². The first-order valence-electron chi connectivity index (χ1n) is 8.90. The Balaban J connectivity index is 2.17. The van der Waals surface area contributed by atoms with Gasteiger partial charge >= 0.3 is 11.9 Å². The van der Waals surface area contributed by atoms with Gasteiger partial charge in [-0.3, -0.25) is 9.59 Å². The summed E-state index contributed by atoms with van der Waals surface area (Å²) in [5.74, 6) is -2.19. The number of esters is 1. The molecule has 0 fully saturated rings. The molecule has 0 aliphatic rings. The second kappa shape index (κ2) is 9.23. The number of carbonyl (C=O) groups is 2. The molecule has 2 aromatic carbocycles. The third-order valence-electron chi connectivity index (χ3n) is 4.71. The molecule has 0 heterocycles. The third-order valence-corrected chi connectivity index (χ3v) is 6.31. The molecule has 158 valence electrons. The van der Waals surface area contributed by atoms with E-state index in [4.69, 9.17) is 14.6 Å². The quantitative estimate of drug-likeness (QED) is 0.550. The van der Waals surface area contributed by atoms with Crippen molar-refractivity contribution < 1.29 is 37.7 Å². The van der Waals surface area contributed by atoms with E-state index in [1.165, 1.54) is 6.92 Å². The van der Waals surface area contributed by atoms with Gasteiger partial charge in [0.15, 0.2) is 9.84 Å². The maximum Gasteiger partial charge on any atom is 0.314 e. The number of aliphatic hydroxyl groups is 1. The van der Waals surface area contributed by atoms with Gasteiger partial charge in [-0.15, -0.1) is 0 Å². The van der Waals surface area contributed by atoms with E-state index in [1.807, 2.05) is 6.07 Å². The van der Waals surface area contributed by atoms with E-state index in [0.29, 0.717) is 11.3 Å². The van der Waals surface area contributed by atoms with E-state index in [-0.39, 0.29) is 0 Å². The standard InChI is InChI=1S/C20H24O8S/c1-20(19(23)24,13-18(22)28-8-10-29(25,26)9-7-21)16-5-3-15-12-17(27-2)6-4-14(15)11-16/h3-6,11-12,21H,7-10,13H2,1-2H3,(H,23,24).